The molecule has 2 fully saturated rings. The summed E-state index contributed by atoms with van der Waals surface area (Å²) in [5.41, 5.74) is 0.729. The van der Waals surface area contributed by atoms with Crippen molar-refractivity contribution in [2.45, 2.75) is 25.8 Å². The molecule has 1 atom stereocenters. The zero-order chi connectivity index (χ0) is 19.2. The van der Waals surface area contributed by atoms with Crippen LogP contribution in [0.2, 0.25) is 0 Å². The van der Waals surface area contributed by atoms with Crippen molar-refractivity contribution < 1.29 is 18.9 Å². The third-order valence-electron chi connectivity index (χ3n) is 4.95. The Morgan fingerprint density at radius 2 is 1.93 bits per heavy atom. The van der Waals surface area contributed by atoms with Crippen molar-refractivity contribution in [2.75, 3.05) is 26.2 Å². The predicted octanol–water partition coefficient (Wildman–Crippen LogP) is 0.325. The van der Waals surface area contributed by atoms with Gasteiger partial charge in [0, 0.05) is 6.21 Å². The smallest absolute Gasteiger partial charge is 0.247 e. The molecule has 0 aromatic heterocycles. The van der Waals surface area contributed by atoms with Gasteiger partial charge in [-0.1, -0.05) is 12.1 Å². The van der Waals surface area contributed by atoms with E-state index in [1.807, 2.05) is 0 Å². The van der Waals surface area contributed by atoms with Gasteiger partial charge in [-0.05, 0) is 49.2 Å². The van der Waals surface area contributed by atoms with Gasteiger partial charge in [-0.25, -0.2) is 4.39 Å². The van der Waals surface area contributed by atoms with E-state index >= 15 is 0 Å². The average Bonchev–Trinajstić information content (AvgIpc) is 2.66. The number of nitrogens with one attached hydrogen (secondary N) is 2. The van der Waals surface area contributed by atoms with Gasteiger partial charge in [-0.2, -0.15) is 0 Å². The van der Waals surface area contributed by atoms with Crippen LogP contribution in [0.4, 0.5) is 4.39 Å². The number of quaternary nitrogens is 1. The first kappa shape index (κ1) is 19.6. The molecule has 2 N–H and O–H groups in total. The number of halogens is 1. The van der Waals surface area contributed by atoms with Crippen LogP contribution in [0.3, 0.4) is 0 Å². The summed E-state index contributed by atoms with van der Waals surface area (Å²) in [6.07, 6.45) is 5.23. The number of hydrogen-bond donors (Lipinski definition) is 2. The number of benzene rings is 1. The lowest BCUT2D eigenvalue weighted by molar-refractivity contribution is -0.903. The van der Waals surface area contributed by atoms with Gasteiger partial charge in [0.2, 0.25) is 11.8 Å². The van der Waals surface area contributed by atoms with Crippen molar-refractivity contribution in [3.8, 4) is 0 Å². The highest BCUT2D eigenvalue weighted by Gasteiger charge is 2.37. The maximum Gasteiger partial charge on any atom is 0.247 e. The second kappa shape index (κ2) is 9.14. The quantitative estimate of drug-likeness (QED) is 0.417. The number of carbonyl (C=O) groups excluding carboxylic acids is 2. The Hall–Kier alpha value is -2.19. The molecule has 1 aromatic carbocycles. The lowest BCUT2D eigenvalue weighted by atomic mass is 10.1. The van der Waals surface area contributed by atoms with Crippen LogP contribution >= 0.6 is 12.2 Å². The van der Waals surface area contributed by atoms with Gasteiger partial charge in [-0.15, -0.1) is 0 Å². The van der Waals surface area contributed by atoms with Crippen LogP contribution in [0, 0.1) is 11.7 Å². The molecule has 0 radical (unpaired) electrons. The monoisotopic (exact) mass is 391 g/mol. The maximum absolute atomic E-state index is 13.1. The van der Waals surface area contributed by atoms with Crippen molar-refractivity contribution in [2.24, 2.45) is 10.9 Å². The number of carbonyl (C=O) groups is 2. The van der Waals surface area contributed by atoms with Crippen LogP contribution in [-0.4, -0.2) is 54.2 Å². The van der Waals surface area contributed by atoms with E-state index in [0.717, 1.165) is 25.2 Å². The fourth-order valence-corrected chi connectivity index (χ4v) is 3.64. The number of amides is 2. The maximum atomic E-state index is 13.1. The molecule has 2 aliphatic heterocycles. The summed E-state index contributed by atoms with van der Waals surface area (Å²) in [5.74, 6) is -2.18. The van der Waals surface area contributed by atoms with Crippen molar-refractivity contribution >= 4 is 35.4 Å². The molecule has 0 bridgehead atoms. The summed E-state index contributed by atoms with van der Waals surface area (Å²) in [6, 6.07) is 5.83. The Morgan fingerprint density at radius 3 is 2.63 bits per heavy atom. The number of likely N-dealkylation sites (tertiary alicyclic amines) is 1. The second-order valence-electron chi connectivity index (χ2n) is 6.94. The Kier molecular flexibility index (Phi) is 6.63. The first-order chi connectivity index (χ1) is 13.0. The number of piperidine rings is 1. The molecular weight excluding hydrogens is 367 g/mol. The summed E-state index contributed by atoms with van der Waals surface area (Å²) in [5, 5.41) is 2.63. The van der Waals surface area contributed by atoms with Gasteiger partial charge < -0.3 is 10.2 Å². The minimum Gasteiger partial charge on any atom is -0.333 e. The molecule has 0 unspecified atom stereocenters. The zero-order valence-electron chi connectivity index (χ0n) is 15.1. The highest BCUT2D eigenvalue weighted by atomic mass is 32.1. The summed E-state index contributed by atoms with van der Waals surface area (Å²) in [4.78, 5) is 32.1. The third-order valence-corrected chi connectivity index (χ3v) is 5.28. The van der Waals surface area contributed by atoms with Gasteiger partial charge in [0.1, 0.15) is 5.82 Å². The number of hydrogen-bond acceptors (Lipinski definition) is 4. The molecule has 0 spiro atoms. The van der Waals surface area contributed by atoms with Crippen LogP contribution in [0.25, 0.3) is 0 Å². The SMILES string of the molecule is O=C1NC(=S)N(Cc2ccc(F)cc2)C(=O)[C@@H]1C=NCC[NH+]1CCCCC1. The number of thiocarbonyl (C=S) groups is 1. The molecule has 1 aromatic rings. The number of aliphatic imine (C=N–C) groups is 1. The van der Waals surface area contributed by atoms with Gasteiger partial charge in [0.15, 0.2) is 11.0 Å². The normalized spacial score (nSPS) is 21.7. The minimum atomic E-state index is -0.978. The van der Waals surface area contributed by atoms with Crippen molar-refractivity contribution in [1.29, 1.82) is 0 Å². The van der Waals surface area contributed by atoms with Crippen LogP contribution < -0.4 is 10.2 Å². The van der Waals surface area contributed by atoms with Gasteiger partial charge in [0.25, 0.3) is 0 Å². The van der Waals surface area contributed by atoms with Crippen molar-refractivity contribution in [1.82, 2.24) is 10.2 Å². The molecule has 2 heterocycles. The van der Waals surface area contributed by atoms with E-state index in [0.29, 0.717) is 6.54 Å². The molecule has 144 valence electrons. The predicted molar refractivity (Wildman–Crippen MR) is 104 cm³/mol. The fraction of sp³-hybridized carbons (Fsp3) is 0.474. The Morgan fingerprint density at radius 1 is 1.22 bits per heavy atom. The first-order valence-electron chi connectivity index (χ1n) is 9.29. The van der Waals surface area contributed by atoms with E-state index in [-0.39, 0.29) is 17.5 Å². The molecule has 2 saturated heterocycles. The van der Waals surface area contributed by atoms with Crippen LogP contribution in [0.1, 0.15) is 24.8 Å². The molecule has 2 amide bonds. The molecule has 3 rings (SSSR count). The summed E-state index contributed by atoms with van der Waals surface area (Å²) in [7, 11) is 0. The Bertz CT molecular complexity index is 732. The van der Waals surface area contributed by atoms with Crippen molar-refractivity contribution in [3.63, 3.8) is 0 Å². The molecule has 2 aliphatic rings. The lowest BCUT2D eigenvalue weighted by Gasteiger charge is -2.31. The van der Waals surface area contributed by atoms with Crippen LogP contribution in [0.5, 0.6) is 0 Å². The van der Waals surface area contributed by atoms with Crippen LogP contribution in [-0.2, 0) is 16.1 Å². The summed E-state index contributed by atoms with van der Waals surface area (Å²) < 4.78 is 13.1. The molecule has 0 aliphatic carbocycles. The first-order valence-corrected chi connectivity index (χ1v) is 9.69. The van der Waals surface area contributed by atoms with E-state index in [4.69, 9.17) is 12.2 Å². The standard InChI is InChI=1S/C19H23FN4O2S/c20-15-6-4-14(5-7-15)13-24-18(26)16(17(25)22-19(24)27)12-21-8-11-23-9-2-1-3-10-23/h4-7,12,16H,1-3,8-11,13H2,(H,22,25,27)/p+1/t16-/m1/s1. The van der Waals surface area contributed by atoms with E-state index in [1.54, 1.807) is 12.1 Å². The average molecular weight is 391 g/mol. The van der Waals surface area contributed by atoms with Crippen molar-refractivity contribution in [3.05, 3.63) is 35.6 Å². The van der Waals surface area contributed by atoms with Gasteiger partial charge in [-0.3, -0.25) is 19.5 Å². The number of rotatable bonds is 6. The second-order valence-corrected chi connectivity index (χ2v) is 7.33. The van der Waals surface area contributed by atoms with Crippen LogP contribution in [0.15, 0.2) is 29.3 Å². The van der Waals surface area contributed by atoms with E-state index in [1.165, 1.54) is 47.4 Å². The Labute approximate surface area is 163 Å². The summed E-state index contributed by atoms with van der Waals surface area (Å²) in [6.45, 7) is 4.02. The molecule has 0 saturated carbocycles. The zero-order valence-corrected chi connectivity index (χ0v) is 15.9. The lowest BCUT2D eigenvalue weighted by Crippen LogP contribution is -3.13. The summed E-state index contributed by atoms with van der Waals surface area (Å²) >= 11 is 5.13. The Balaban J connectivity index is 1.59. The van der Waals surface area contributed by atoms with E-state index < -0.39 is 17.7 Å². The highest BCUT2D eigenvalue weighted by Crippen LogP contribution is 2.14. The molecule has 6 nitrogen and oxygen atoms in total. The van der Waals surface area contributed by atoms with E-state index in [2.05, 4.69) is 10.3 Å². The van der Waals surface area contributed by atoms with Gasteiger partial charge in [0.05, 0.1) is 32.7 Å². The number of nitrogens with zero attached hydrogens (tertiary/aromatic N) is 2. The topological polar surface area (TPSA) is 66.2 Å². The van der Waals surface area contributed by atoms with Gasteiger partial charge >= 0.3 is 0 Å². The molecule has 27 heavy (non-hydrogen) atoms. The molecule has 8 heteroatoms. The molecular formula is C19H24FN4O2S+. The third kappa shape index (κ3) is 5.17. The largest absolute Gasteiger partial charge is 0.333 e. The van der Waals surface area contributed by atoms with E-state index in [9.17, 15) is 14.0 Å². The highest BCUT2D eigenvalue weighted by molar-refractivity contribution is 7.80. The minimum absolute atomic E-state index is 0.0664. The fourth-order valence-electron chi connectivity index (χ4n) is 3.39.